The summed E-state index contributed by atoms with van der Waals surface area (Å²) >= 11 is 0. The molecule has 0 amide bonds. The highest BCUT2D eigenvalue weighted by atomic mass is 16.3. The normalized spacial score (nSPS) is 21.7. The van der Waals surface area contributed by atoms with Crippen molar-refractivity contribution in [3.05, 3.63) is 54.1 Å². The van der Waals surface area contributed by atoms with Gasteiger partial charge in [0.15, 0.2) is 0 Å². The van der Waals surface area contributed by atoms with Crippen LogP contribution in [0.3, 0.4) is 0 Å². The smallest absolute Gasteiger partial charge is 0.123 e. The van der Waals surface area contributed by atoms with E-state index in [9.17, 15) is 5.11 Å². The van der Waals surface area contributed by atoms with Crippen LogP contribution in [0.1, 0.15) is 37.1 Å². The lowest BCUT2D eigenvalue weighted by atomic mass is 9.86. The molecule has 1 aromatic carbocycles. The SMILES string of the molecule is CN(Cc1nccn1Cc1ccccc1)CC1CCCCC1O. The topological polar surface area (TPSA) is 41.3 Å². The first kappa shape index (κ1) is 16.2. The number of hydrogen-bond acceptors (Lipinski definition) is 3. The largest absolute Gasteiger partial charge is 0.393 e. The summed E-state index contributed by atoms with van der Waals surface area (Å²) in [4.78, 5) is 6.82. The van der Waals surface area contributed by atoms with Crippen LogP contribution in [0.5, 0.6) is 0 Å². The summed E-state index contributed by atoms with van der Waals surface area (Å²) in [5, 5.41) is 10.1. The van der Waals surface area contributed by atoms with Crippen molar-refractivity contribution in [2.45, 2.75) is 44.9 Å². The predicted molar refractivity (Wildman–Crippen MR) is 92.1 cm³/mol. The summed E-state index contributed by atoms with van der Waals surface area (Å²) in [5.41, 5.74) is 1.29. The van der Waals surface area contributed by atoms with Crippen molar-refractivity contribution >= 4 is 0 Å². The van der Waals surface area contributed by atoms with Gasteiger partial charge < -0.3 is 9.67 Å². The summed E-state index contributed by atoms with van der Waals surface area (Å²) in [5.74, 6) is 1.49. The number of hydrogen-bond donors (Lipinski definition) is 1. The van der Waals surface area contributed by atoms with Crippen molar-refractivity contribution in [2.24, 2.45) is 5.92 Å². The van der Waals surface area contributed by atoms with E-state index in [1.54, 1.807) is 0 Å². The van der Waals surface area contributed by atoms with Crippen LogP contribution in [0, 0.1) is 5.92 Å². The average Bonchev–Trinajstić information content (AvgIpc) is 2.97. The zero-order chi connectivity index (χ0) is 16.1. The fourth-order valence-electron chi connectivity index (χ4n) is 3.52. The molecule has 4 nitrogen and oxygen atoms in total. The first-order chi connectivity index (χ1) is 11.2. The van der Waals surface area contributed by atoms with Crippen LogP contribution in [0.15, 0.2) is 42.7 Å². The maximum Gasteiger partial charge on any atom is 0.123 e. The van der Waals surface area contributed by atoms with Crippen LogP contribution < -0.4 is 0 Å². The molecule has 4 heteroatoms. The van der Waals surface area contributed by atoms with Gasteiger partial charge in [0.05, 0.1) is 12.6 Å². The molecule has 1 aliphatic rings. The summed E-state index contributed by atoms with van der Waals surface area (Å²) in [7, 11) is 2.13. The molecule has 1 aliphatic carbocycles. The van der Waals surface area contributed by atoms with Gasteiger partial charge in [0, 0.05) is 25.5 Å². The van der Waals surface area contributed by atoms with E-state index in [2.05, 4.69) is 45.8 Å². The van der Waals surface area contributed by atoms with Crippen molar-refractivity contribution < 1.29 is 5.11 Å². The van der Waals surface area contributed by atoms with Crippen LogP contribution in [0.2, 0.25) is 0 Å². The minimum atomic E-state index is -0.129. The van der Waals surface area contributed by atoms with Crippen LogP contribution >= 0.6 is 0 Å². The standard InChI is InChI=1S/C19H27N3O/c1-21(14-17-9-5-6-10-18(17)23)15-19-20-11-12-22(19)13-16-7-3-2-4-8-16/h2-4,7-8,11-12,17-18,23H,5-6,9-10,13-15H2,1H3. The number of aromatic nitrogens is 2. The third-order valence-electron chi connectivity index (χ3n) is 4.82. The minimum absolute atomic E-state index is 0.129. The van der Waals surface area contributed by atoms with Gasteiger partial charge in [-0.1, -0.05) is 43.2 Å². The summed E-state index contributed by atoms with van der Waals surface area (Å²) in [6.07, 6.45) is 8.31. The van der Waals surface area contributed by atoms with Crippen LogP contribution in [0.25, 0.3) is 0 Å². The monoisotopic (exact) mass is 313 g/mol. The van der Waals surface area contributed by atoms with Gasteiger partial charge in [0.1, 0.15) is 5.82 Å². The molecule has 124 valence electrons. The Kier molecular flexibility index (Phi) is 5.47. The fourth-order valence-corrected chi connectivity index (χ4v) is 3.52. The lowest BCUT2D eigenvalue weighted by Crippen LogP contribution is -2.35. The Bertz CT molecular complexity index is 596. The van der Waals surface area contributed by atoms with E-state index >= 15 is 0 Å². The fraction of sp³-hybridized carbons (Fsp3) is 0.526. The number of aliphatic hydroxyl groups is 1. The molecule has 1 saturated carbocycles. The third-order valence-corrected chi connectivity index (χ3v) is 4.82. The van der Waals surface area contributed by atoms with Gasteiger partial charge in [-0.15, -0.1) is 0 Å². The quantitative estimate of drug-likeness (QED) is 0.891. The molecule has 0 aliphatic heterocycles. The Morgan fingerprint density at radius 3 is 2.78 bits per heavy atom. The second kappa shape index (κ2) is 7.75. The Morgan fingerprint density at radius 1 is 1.22 bits per heavy atom. The molecule has 0 saturated heterocycles. The molecular formula is C19H27N3O. The molecule has 0 spiro atoms. The van der Waals surface area contributed by atoms with E-state index in [1.165, 1.54) is 18.4 Å². The lowest BCUT2D eigenvalue weighted by Gasteiger charge is -2.31. The zero-order valence-corrected chi connectivity index (χ0v) is 13.9. The number of nitrogens with zero attached hydrogens (tertiary/aromatic N) is 3. The average molecular weight is 313 g/mol. The van der Waals surface area contributed by atoms with Crippen molar-refractivity contribution in [2.75, 3.05) is 13.6 Å². The number of benzene rings is 1. The van der Waals surface area contributed by atoms with Crippen LogP contribution in [-0.2, 0) is 13.1 Å². The summed E-state index contributed by atoms with van der Waals surface area (Å²) in [6.45, 7) is 2.62. The molecule has 1 fully saturated rings. The van der Waals surface area contributed by atoms with Gasteiger partial charge in [-0.2, -0.15) is 0 Å². The van der Waals surface area contributed by atoms with E-state index in [0.29, 0.717) is 5.92 Å². The van der Waals surface area contributed by atoms with Gasteiger partial charge in [-0.25, -0.2) is 4.98 Å². The first-order valence-corrected chi connectivity index (χ1v) is 8.63. The van der Waals surface area contributed by atoms with Crippen molar-refractivity contribution in [3.8, 4) is 0 Å². The molecule has 23 heavy (non-hydrogen) atoms. The summed E-state index contributed by atoms with van der Waals surface area (Å²) in [6, 6.07) is 10.5. The van der Waals surface area contributed by atoms with Crippen LogP contribution in [0.4, 0.5) is 0 Å². The third kappa shape index (κ3) is 4.43. The van der Waals surface area contributed by atoms with E-state index < -0.39 is 0 Å². The van der Waals surface area contributed by atoms with Gasteiger partial charge in [0.2, 0.25) is 0 Å². The Balaban J connectivity index is 1.58. The number of aliphatic hydroxyl groups excluding tert-OH is 1. The molecule has 0 bridgehead atoms. The molecule has 1 aromatic heterocycles. The van der Waals surface area contributed by atoms with E-state index in [1.807, 2.05) is 18.5 Å². The molecule has 2 unspecified atom stereocenters. The molecule has 2 aromatic rings. The molecule has 1 N–H and O–H groups in total. The molecule has 1 heterocycles. The zero-order valence-electron chi connectivity index (χ0n) is 13.9. The van der Waals surface area contributed by atoms with Crippen LogP contribution in [-0.4, -0.2) is 39.3 Å². The number of imidazole rings is 1. The Labute approximate surface area is 138 Å². The first-order valence-electron chi connectivity index (χ1n) is 8.63. The predicted octanol–water partition coefficient (Wildman–Crippen LogP) is 2.91. The highest BCUT2D eigenvalue weighted by Crippen LogP contribution is 2.25. The van der Waals surface area contributed by atoms with Gasteiger partial charge in [-0.05, 0) is 31.4 Å². The maximum absolute atomic E-state index is 10.1. The van der Waals surface area contributed by atoms with Gasteiger partial charge in [-0.3, -0.25) is 4.90 Å². The molecule has 2 atom stereocenters. The van der Waals surface area contributed by atoms with Crippen molar-refractivity contribution in [1.82, 2.24) is 14.5 Å². The lowest BCUT2D eigenvalue weighted by molar-refractivity contribution is 0.0496. The van der Waals surface area contributed by atoms with E-state index in [0.717, 1.165) is 38.3 Å². The molecule has 3 rings (SSSR count). The Morgan fingerprint density at radius 2 is 2.00 bits per heavy atom. The highest BCUT2D eigenvalue weighted by Gasteiger charge is 2.24. The molecule has 0 radical (unpaired) electrons. The van der Waals surface area contributed by atoms with Crippen molar-refractivity contribution in [3.63, 3.8) is 0 Å². The highest BCUT2D eigenvalue weighted by molar-refractivity contribution is 5.15. The minimum Gasteiger partial charge on any atom is -0.393 e. The molecular weight excluding hydrogens is 286 g/mol. The maximum atomic E-state index is 10.1. The van der Waals surface area contributed by atoms with Crippen molar-refractivity contribution in [1.29, 1.82) is 0 Å². The second-order valence-corrected chi connectivity index (χ2v) is 6.77. The van der Waals surface area contributed by atoms with E-state index in [4.69, 9.17) is 0 Å². The van der Waals surface area contributed by atoms with Gasteiger partial charge in [0.25, 0.3) is 0 Å². The number of rotatable bonds is 6. The van der Waals surface area contributed by atoms with Gasteiger partial charge >= 0.3 is 0 Å². The summed E-state index contributed by atoms with van der Waals surface area (Å²) < 4.78 is 2.21. The van der Waals surface area contributed by atoms with E-state index in [-0.39, 0.29) is 6.10 Å². The second-order valence-electron chi connectivity index (χ2n) is 6.77. The Hall–Kier alpha value is -1.65.